The quantitative estimate of drug-likeness (QED) is 0.408. The summed E-state index contributed by atoms with van der Waals surface area (Å²) in [6.07, 6.45) is 1.83. The average Bonchev–Trinajstić information content (AvgIpc) is 3.60. The van der Waals surface area contributed by atoms with Crippen molar-refractivity contribution in [3.05, 3.63) is 70.9 Å². The van der Waals surface area contributed by atoms with Crippen molar-refractivity contribution in [1.82, 2.24) is 14.7 Å². The molecule has 1 aliphatic rings. The second-order valence-electron chi connectivity index (χ2n) is 8.87. The van der Waals surface area contributed by atoms with E-state index in [9.17, 15) is 5.11 Å². The Balaban J connectivity index is 1.63. The minimum Gasteiger partial charge on any atom is -0.439 e. The highest BCUT2D eigenvalue weighted by Crippen LogP contribution is 2.35. The summed E-state index contributed by atoms with van der Waals surface area (Å²) in [6.45, 7) is 7.49. The zero-order valence-corrected chi connectivity index (χ0v) is 20.2. The monoisotopic (exact) mass is 469 g/mol. The summed E-state index contributed by atoms with van der Waals surface area (Å²) in [6, 6.07) is 17.8. The normalized spacial score (nSPS) is 14.8. The van der Waals surface area contributed by atoms with Gasteiger partial charge in [-0.05, 0) is 70.0 Å². The van der Waals surface area contributed by atoms with E-state index in [4.69, 9.17) is 26.2 Å². The molecule has 176 valence electrons. The van der Waals surface area contributed by atoms with E-state index in [0.717, 1.165) is 29.8 Å². The highest BCUT2D eigenvalue weighted by Gasteiger charge is 2.32. The minimum atomic E-state index is -0.543. The summed E-state index contributed by atoms with van der Waals surface area (Å²) < 4.78 is 13.9. The Labute approximate surface area is 200 Å². The first-order valence-electron chi connectivity index (χ1n) is 11.5. The second kappa shape index (κ2) is 10.7. The van der Waals surface area contributed by atoms with Gasteiger partial charge in [0.1, 0.15) is 5.75 Å². The van der Waals surface area contributed by atoms with Crippen molar-refractivity contribution in [3.63, 3.8) is 0 Å². The number of nitrogens with zero attached hydrogens (tertiary/aromatic N) is 3. The summed E-state index contributed by atoms with van der Waals surface area (Å²) in [5.41, 5.74) is 2.85. The second-order valence-corrected chi connectivity index (χ2v) is 9.31. The maximum Gasteiger partial charge on any atom is 0.227 e. The topological polar surface area (TPSA) is 59.8 Å². The van der Waals surface area contributed by atoms with Crippen LogP contribution < -0.4 is 4.74 Å². The van der Waals surface area contributed by atoms with Crippen LogP contribution in [0.3, 0.4) is 0 Å². The third-order valence-electron chi connectivity index (χ3n) is 5.66. The molecule has 1 atom stereocenters. The van der Waals surface area contributed by atoms with Crippen molar-refractivity contribution in [3.8, 4) is 17.3 Å². The fourth-order valence-electron chi connectivity index (χ4n) is 3.80. The van der Waals surface area contributed by atoms with E-state index in [0.29, 0.717) is 42.4 Å². The van der Waals surface area contributed by atoms with Crippen molar-refractivity contribution in [2.75, 3.05) is 13.2 Å². The Bertz CT molecular complexity index is 1030. The van der Waals surface area contributed by atoms with Crippen LogP contribution in [0.1, 0.15) is 37.9 Å². The molecule has 7 heteroatoms. The first kappa shape index (κ1) is 23.8. The van der Waals surface area contributed by atoms with Gasteiger partial charge in [-0.2, -0.15) is 5.10 Å². The first-order chi connectivity index (χ1) is 15.9. The van der Waals surface area contributed by atoms with Crippen molar-refractivity contribution in [2.24, 2.45) is 0 Å². The van der Waals surface area contributed by atoms with Crippen LogP contribution in [-0.4, -0.2) is 51.2 Å². The van der Waals surface area contributed by atoms with Crippen molar-refractivity contribution in [2.45, 2.75) is 58.4 Å². The third-order valence-corrected chi connectivity index (χ3v) is 5.91. The van der Waals surface area contributed by atoms with E-state index >= 15 is 0 Å². The fourth-order valence-corrected chi connectivity index (χ4v) is 3.92. The molecule has 1 heterocycles. The lowest BCUT2D eigenvalue weighted by Crippen LogP contribution is -2.36. The van der Waals surface area contributed by atoms with E-state index in [1.54, 1.807) is 0 Å². The summed E-state index contributed by atoms with van der Waals surface area (Å²) in [5, 5.41) is 16.1. The molecule has 6 nitrogen and oxygen atoms in total. The number of hydrogen-bond donors (Lipinski definition) is 1. The summed E-state index contributed by atoms with van der Waals surface area (Å²) in [4.78, 5) is 2.32. The number of para-hydroxylation sites is 1. The molecule has 0 bridgehead atoms. The van der Waals surface area contributed by atoms with Crippen LogP contribution in [0, 0.1) is 6.92 Å². The van der Waals surface area contributed by atoms with Crippen LogP contribution in [0.5, 0.6) is 11.6 Å². The molecule has 0 unspecified atom stereocenters. The van der Waals surface area contributed by atoms with Gasteiger partial charge in [0.25, 0.3) is 0 Å². The van der Waals surface area contributed by atoms with Gasteiger partial charge < -0.3 is 14.6 Å². The largest absolute Gasteiger partial charge is 0.439 e. The Morgan fingerprint density at radius 2 is 1.82 bits per heavy atom. The van der Waals surface area contributed by atoms with Crippen LogP contribution in [0.15, 0.2) is 54.6 Å². The Morgan fingerprint density at radius 3 is 2.45 bits per heavy atom. The molecule has 0 amide bonds. The molecule has 1 aromatic heterocycles. The summed E-state index contributed by atoms with van der Waals surface area (Å²) in [5.74, 6) is 1.38. The molecule has 1 N–H and O–H groups in total. The molecule has 0 radical (unpaired) electrons. The van der Waals surface area contributed by atoms with Crippen LogP contribution in [-0.2, 0) is 11.3 Å². The molecule has 1 aliphatic carbocycles. The molecule has 4 rings (SSSR count). The maximum absolute atomic E-state index is 10.6. The standard InChI is InChI=1S/C26H32ClN3O3/c1-18(2)32-17-23(31)15-29(21-11-12-21)16-25-19(3)28-30(22-7-5-4-6-8-22)26(25)33-24-13-9-20(27)10-14-24/h4-10,13-14,18,21,23,31H,11-12,15-17H2,1-3H3/t23-/m0/s1. The zero-order chi connectivity index (χ0) is 23.4. The number of aliphatic hydroxyl groups is 1. The van der Waals surface area contributed by atoms with Crippen LogP contribution in [0.2, 0.25) is 5.02 Å². The highest BCUT2D eigenvalue weighted by atomic mass is 35.5. The first-order valence-corrected chi connectivity index (χ1v) is 11.9. The van der Waals surface area contributed by atoms with Crippen LogP contribution in [0.25, 0.3) is 5.69 Å². The summed E-state index contributed by atoms with van der Waals surface area (Å²) >= 11 is 6.07. The summed E-state index contributed by atoms with van der Waals surface area (Å²) in [7, 11) is 0. The average molecular weight is 470 g/mol. The molecular formula is C26H32ClN3O3. The molecule has 1 saturated carbocycles. The number of aromatic nitrogens is 2. The van der Waals surface area contributed by atoms with Crippen LogP contribution in [0.4, 0.5) is 0 Å². The highest BCUT2D eigenvalue weighted by molar-refractivity contribution is 6.30. The van der Waals surface area contributed by atoms with Gasteiger partial charge in [0.05, 0.1) is 35.8 Å². The zero-order valence-electron chi connectivity index (χ0n) is 19.4. The Kier molecular flexibility index (Phi) is 7.71. The van der Waals surface area contributed by atoms with Crippen molar-refractivity contribution in [1.29, 1.82) is 0 Å². The van der Waals surface area contributed by atoms with E-state index in [-0.39, 0.29) is 6.10 Å². The van der Waals surface area contributed by atoms with Gasteiger partial charge in [0.2, 0.25) is 5.88 Å². The van der Waals surface area contributed by atoms with E-state index in [1.807, 2.05) is 80.1 Å². The fraction of sp³-hybridized carbons (Fsp3) is 0.423. The Morgan fingerprint density at radius 1 is 1.12 bits per heavy atom. The van der Waals surface area contributed by atoms with Crippen molar-refractivity contribution >= 4 is 11.6 Å². The minimum absolute atomic E-state index is 0.0970. The Hall–Kier alpha value is -2.38. The van der Waals surface area contributed by atoms with E-state index in [1.165, 1.54) is 0 Å². The molecule has 1 fully saturated rings. The van der Waals surface area contributed by atoms with E-state index in [2.05, 4.69) is 4.90 Å². The lowest BCUT2D eigenvalue weighted by atomic mass is 10.2. The predicted octanol–water partition coefficient (Wildman–Crippen LogP) is 5.38. The van der Waals surface area contributed by atoms with Gasteiger partial charge in [-0.3, -0.25) is 4.90 Å². The number of aliphatic hydroxyl groups excluding tert-OH is 1. The van der Waals surface area contributed by atoms with E-state index < -0.39 is 6.10 Å². The molecule has 0 spiro atoms. The number of benzene rings is 2. The van der Waals surface area contributed by atoms with Crippen molar-refractivity contribution < 1.29 is 14.6 Å². The van der Waals surface area contributed by atoms with Gasteiger partial charge in [0.15, 0.2) is 0 Å². The van der Waals surface area contributed by atoms with Gasteiger partial charge in [-0.25, -0.2) is 4.68 Å². The van der Waals surface area contributed by atoms with Gasteiger partial charge in [0, 0.05) is 24.2 Å². The number of hydrogen-bond acceptors (Lipinski definition) is 5. The third kappa shape index (κ3) is 6.36. The molecule has 3 aromatic rings. The molecule has 2 aromatic carbocycles. The van der Waals surface area contributed by atoms with Gasteiger partial charge in [-0.1, -0.05) is 29.8 Å². The molecule has 33 heavy (non-hydrogen) atoms. The maximum atomic E-state index is 10.6. The molecule has 0 aliphatic heterocycles. The van der Waals surface area contributed by atoms with Gasteiger partial charge in [-0.15, -0.1) is 0 Å². The smallest absolute Gasteiger partial charge is 0.227 e. The molecule has 0 saturated heterocycles. The lowest BCUT2D eigenvalue weighted by molar-refractivity contribution is -0.0107. The number of rotatable bonds is 11. The van der Waals surface area contributed by atoms with Gasteiger partial charge >= 0.3 is 0 Å². The van der Waals surface area contributed by atoms with Crippen LogP contribution >= 0.6 is 11.6 Å². The lowest BCUT2D eigenvalue weighted by Gasteiger charge is -2.25. The SMILES string of the molecule is Cc1nn(-c2ccccc2)c(Oc2ccc(Cl)cc2)c1CN(C[C@H](O)COC(C)C)C1CC1. The predicted molar refractivity (Wildman–Crippen MR) is 130 cm³/mol. The number of ether oxygens (including phenoxy) is 2. The number of aryl methyl sites for hydroxylation is 1. The molecular weight excluding hydrogens is 438 g/mol. The number of halogens is 1.